The Morgan fingerprint density at radius 1 is 1.13 bits per heavy atom. The lowest BCUT2D eigenvalue weighted by Crippen LogP contribution is -2.50. The topological polar surface area (TPSA) is 58.6 Å². The number of benzene rings is 2. The summed E-state index contributed by atoms with van der Waals surface area (Å²) in [5.74, 6) is -0.421. The van der Waals surface area contributed by atoms with Crippen LogP contribution in [0.5, 0.6) is 5.75 Å². The third kappa shape index (κ3) is 5.81. The first-order valence-corrected chi connectivity index (χ1v) is 10.5. The summed E-state index contributed by atoms with van der Waals surface area (Å²) in [5, 5.41) is 3.03. The van der Waals surface area contributed by atoms with Gasteiger partial charge < -0.3 is 15.0 Å². The van der Waals surface area contributed by atoms with Crippen LogP contribution in [-0.4, -0.2) is 35.4 Å². The minimum Gasteiger partial charge on any atom is -0.484 e. The van der Waals surface area contributed by atoms with Gasteiger partial charge >= 0.3 is 0 Å². The Morgan fingerprint density at radius 2 is 1.80 bits per heavy atom. The smallest absolute Gasteiger partial charge is 0.261 e. The van der Waals surface area contributed by atoms with Crippen LogP contribution >= 0.6 is 0 Å². The summed E-state index contributed by atoms with van der Waals surface area (Å²) in [6.07, 6.45) is 4.11. The quantitative estimate of drug-likeness (QED) is 0.713. The van der Waals surface area contributed by atoms with Gasteiger partial charge in [0.2, 0.25) is 5.91 Å². The van der Waals surface area contributed by atoms with Crippen LogP contribution < -0.4 is 10.1 Å². The Bertz CT molecular complexity index is 863. The monoisotopic (exact) mass is 412 g/mol. The van der Waals surface area contributed by atoms with Crippen LogP contribution in [0.4, 0.5) is 4.39 Å². The van der Waals surface area contributed by atoms with Crippen LogP contribution in [0.15, 0.2) is 48.5 Å². The van der Waals surface area contributed by atoms with Crippen LogP contribution in [0.25, 0.3) is 0 Å². The number of halogens is 1. The molecule has 0 heterocycles. The van der Waals surface area contributed by atoms with Crippen molar-refractivity contribution in [1.29, 1.82) is 0 Å². The molecule has 1 aliphatic carbocycles. The van der Waals surface area contributed by atoms with Crippen LogP contribution in [0, 0.1) is 12.7 Å². The minimum absolute atomic E-state index is 0.00200. The Kier molecular flexibility index (Phi) is 7.44. The largest absolute Gasteiger partial charge is 0.484 e. The molecule has 3 rings (SSSR count). The van der Waals surface area contributed by atoms with Crippen molar-refractivity contribution in [2.24, 2.45) is 0 Å². The SMILES string of the molecule is Cc1ccc(OCC(=O)N(Cc2ccccc2F)C(C)C(=O)NC2CCCC2)cc1. The highest BCUT2D eigenvalue weighted by molar-refractivity contribution is 5.88. The maximum atomic E-state index is 14.2. The molecule has 1 fully saturated rings. The molecule has 0 saturated heterocycles. The third-order valence-corrected chi connectivity index (χ3v) is 5.55. The van der Waals surface area contributed by atoms with E-state index in [1.807, 2.05) is 19.1 Å². The number of hydrogen-bond acceptors (Lipinski definition) is 3. The highest BCUT2D eigenvalue weighted by atomic mass is 19.1. The second-order valence-corrected chi connectivity index (χ2v) is 7.88. The van der Waals surface area contributed by atoms with Crippen molar-refractivity contribution in [3.63, 3.8) is 0 Å². The van der Waals surface area contributed by atoms with E-state index >= 15 is 0 Å². The first kappa shape index (κ1) is 21.8. The highest BCUT2D eigenvalue weighted by Gasteiger charge is 2.29. The van der Waals surface area contributed by atoms with E-state index in [0.717, 1.165) is 31.2 Å². The maximum absolute atomic E-state index is 14.2. The second-order valence-electron chi connectivity index (χ2n) is 7.88. The molecule has 0 spiro atoms. The molecule has 2 aromatic carbocycles. The predicted molar refractivity (Wildman–Crippen MR) is 113 cm³/mol. The normalized spacial score (nSPS) is 14.9. The van der Waals surface area contributed by atoms with Gasteiger partial charge in [0, 0.05) is 18.2 Å². The standard InChI is InChI=1S/C24H29FN2O3/c1-17-11-13-21(14-12-17)30-16-23(28)27(15-19-7-3-6-10-22(19)25)18(2)24(29)26-20-8-4-5-9-20/h3,6-7,10-14,18,20H,4-5,8-9,15-16H2,1-2H3,(H,26,29). The fourth-order valence-electron chi connectivity index (χ4n) is 3.65. The van der Waals surface area contributed by atoms with E-state index in [4.69, 9.17) is 4.74 Å². The number of hydrogen-bond donors (Lipinski definition) is 1. The zero-order valence-corrected chi connectivity index (χ0v) is 17.6. The van der Waals surface area contributed by atoms with Crippen molar-refractivity contribution < 1.29 is 18.7 Å². The summed E-state index contributed by atoms with van der Waals surface area (Å²) in [4.78, 5) is 27.2. The van der Waals surface area contributed by atoms with Crippen molar-refractivity contribution in [2.75, 3.05) is 6.61 Å². The van der Waals surface area contributed by atoms with Gasteiger partial charge in [-0.2, -0.15) is 0 Å². The van der Waals surface area contributed by atoms with Crippen LogP contribution in [-0.2, 0) is 16.1 Å². The highest BCUT2D eigenvalue weighted by Crippen LogP contribution is 2.19. The number of carbonyl (C=O) groups excluding carboxylic acids is 2. The average Bonchev–Trinajstić information content (AvgIpc) is 3.25. The third-order valence-electron chi connectivity index (χ3n) is 5.55. The summed E-state index contributed by atoms with van der Waals surface area (Å²) in [7, 11) is 0. The summed E-state index contributed by atoms with van der Waals surface area (Å²) in [5.41, 5.74) is 1.45. The van der Waals surface area contributed by atoms with E-state index in [1.165, 1.54) is 11.0 Å². The van der Waals surface area contributed by atoms with E-state index in [1.54, 1.807) is 37.3 Å². The minimum atomic E-state index is -0.737. The molecule has 6 heteroatoms. The summed E-state index contributed by atoms with van der Waals surface area (Å²) in [6, 6.07) is 13.1. The molecule has 0 aliphatic heterocycles. The van der Waals surface area contributed by atoms with Crippen molar-refractivity contribution in [3.05, 3.63) is 65.5 Å². The molecule has 5 nitrogen and oxygen atoms in total. The molecular weight excluding hydrogens is 383 g/mol. The molecule has 30 heavy (non-hydrogen) atoms. The van der Waals surface area contributed by atoms with Crippen molar-refractivity contribution in [1.82, 2.24) is 10.2 Å². The van der Waals surface area contributed by atoms with Gasteiger partial charge in [-0.3, -0.25) is 9.59 Å². The predicted octanol–water partition coefficient (Wildman–Crippen LogP) is 3.99. The van der Waals surface area contributed by atoms with Gasteiger partial charge in [-0.1, -0.05) is 48.7 Å². The fraction of sp³-hybridized carbons (Fsp3) is 0.417. The van der Waals surface area contributed by atoms with E-state index in [-0.39, 0.29) is 31.0 Å². The Labute approximate surface area is 177 Å². The van der Waals surface area contributed by atoms with Crippen molar-refractivity contribution in [2.45, 2.75) is 58.2 Å². The lowest BCUT2D eigenvalue weighted by Gasteiger charge is -2.29. The first-order chi connectivity index (χ1) is 14.4. The number of rotatable bonds is 8. The zero-order valence-electron chi connectivity index (χ0n) is 17.6. The van der Waals surface area contributed by atoms with E-state index in [0.29, 0.717) is 11.3 Å². The molecule has 1 unspecified atom stereocenters. The summed E-state index contributed by atoms with van der Waals surface area (Å²) in [6.45, 7) is 3.42. The Hall–Kier alpha value is -2.89. The molecule has 2 amide bonds. The molecule has 1 aliphatic rings. The van der Waals surface area contributed by atoms with E-state index < -0.39 is 11.9 Å². The maximum Gasteiger partial charge on any atom is 0.261 e. The molecule has 160 valence electrons. The number of nitrogens with zero attached hydrogens (tertiary/aromatic N) is 1. The zero-order chi connectivity index (χ0) is 21.5. The van der Waals surface area contributed by atoms with Gasteiger partial charge in [0.1, 0.15) is 17.6 Å². The molecule has 1 N–H and O–H groups in total. The lowest BCUT2D eigenvalue weighted by atomic mass is 10.1. The van der Waals surface area contributed by atoms with Crippen LogP contribution in [0.2, 0.25) is 0 Å². The molecule has 0 radical (unpaired) electrons. The Morgan fingerprint density at radius 3 is 2.47 bits per heavy atom. The Balaban J connectivity index is 1.71. The lowest BCUT2D eigenvalue weighted by molar-refractivity contribution is -0.142. The second kappa shape index (κ2) is 10.2. The number of nitrogens with one attached hydrogen (secondary N) is 1. The van der Waals surface area contributed by atoms with E-state index in [2.05, 4.69) is 5.32 Å². The van der Waals surface area contributed by atoms with Gasteiger partial charge in [0.05, 0.1) is 0 Å². The first-order valence-electron chi connectivity index (χ1n) is 10.5. The van der Waals surface area contributed by atoms with Crippen LogP contribution in [0.3, 0.4) is 0 Å². The fourth-order valence-corrected chi connectivity index (χ4v) is 3.65. The number of aryl methyl sites for hydroxylation is 1. The molecular formula is C24H29FN2O3. The number of carbonyl (C=O) groups is 2. The number of ether oxygens (including phenoxy) is 1. The molecule has 0 aromatic heterocycles. The average molecular weight is 413 g/mol. The molecule has 2 aromatic rings. The summed E-state index contributed by atoms with van der Waals surface area (Å²) < 4.78 is 19.8. The number of amides is 2. The van der Waals surface area contributed by atoms with Crippen molar-refractivity contribution in [3.8, 4) is 5.75 Å². The van der Waals surface area contributed by atoms with Crippen LogP contribution in [0.1, 0.15) is 43.7 Å². The summed E-state index contributed by atoms with van der Waals surface area (Å²) >= 11 is 0. The van der Waals surface area contributed by atoms with E-state index in [9.17, 15) is 14.0 Å². The molecule has 0 bridgehead atoms. The van der Waals surface area contributed by atoms with Gasteiger partial charge in [0.15, 0.2) is 6.61 Å². The van der Waals surface area contributed by atoms with Crippen molar-refractivity contribution >= 4 is 11.8 Å². The van der Waals surface area contributed by atoms with Gasteiger partial charge in [-0.05, 0) is 44.9 Å². The van der Waals surface area contributed by atoms with Gasteiger partial charge in [-0.25, -0.2) is 4.39 Å². The van der Waals surface area contributed by atoms with Gasteiger partial charge in [0.25, 0.3) is 5.91 Å². The van der Waals surface area contributed by atoms with Gasteiger partial charge in [-0.15, -0.1) is 0 Å². The molecule has 1 saturated carbocycles. The molecule has 1 atom stereocenters.